The zero-order valence-electron chi connectivity index (χ0n) is 13.0. The Bertz CT molecular complexity index is 798. The molecule has 0 amide bonds. The normalized spacial score (nSPS) is 11.0. The summed E-state index contributed by atoms with van der Waals surface area (Å²) in [7, 11) is 0. The summed E-state index contributed by atoms with van der Waals surface area (Å²) in [4.78, 5) is 22.9. The van der Waals surface area contributed by atoms with Crippen LogP contribution in [0.1, 0.15) is 31.8 Å². The molecule has 132 valence electrons. The molecule has 5 nitrogen and oxygen atoms in total. The molecule has 0 atom stereocenters. The van der Waals surface area contributed by atoms with Crippen LogP contribution >= 0.6 is 11.3 Å². The number of ether oxygens (including phenoxy) is 2. The first-order valence-electron chi connectivity index (χ1n) is 7.16. The van der Waals surface area contributed by atoms with Crippen LogP contribution in [0, 0.1) is 0 Å². The first-order valence-corrected chi connectivity index (χ1v) is 7.98. The molecule has 1 aromatic carbocycles. The molecule has 0 bridgehead atoms. The Morgan fingerprint density at radius 3 is 2.56 bits per heavy atom. The van der Waals surface area contributed by atoms with Gasteiger partial charge in [0.2, 0.25) is 0 Å². The second kappa shape index (κ2) is 8.39. The molecule has 0 saturated heterocycles. The quantitative estimate of drug-likeness (QED) is 0.530. The molecule has 1 heterocycles. The number of para-hydroxylation sites is 1. The predicted octanol–water partition coefficient (Wildman–Crippen LogP) is 3.01. The fraction of sp³-hybridized carbons (Fsp3) is 0.176. The third kappa shape index (κ3) is 4.87. The van der Waals surface area contributed by atoms with E-state index in [0.29, 0.717) is 0 Å². The highest BCUT2D eigenvalue weighted by molar-refractivity contribution is 7.16. The maximum absolute atomic E-state index is 12.6. The van der Waals surface area contributed by atoms with Gasteiger partial charge < -0.3 is 19.4 Å². The average Bonchev–Trinajstić information content (AvgIpc) is 3.05. The molecule has 0 aliphatic rings. The molecule has 0 fully saturated rings. The van der Waals surface area contributed by atoms with Crippen LogP contribution in [0.3, 0.4) is 0 Å². The summed E-state index contributed by atoms with van der Waals surface area (Å²) in [6.45, 7) is -1.09. The van der Waals surface area contributed by atoms with Gasteiger partial charge in [0.1, 0.15) is 0 Å². The highest BCUT2D eigenvalue weighted by atomic mass is 32.1. The van der Waals surface area contributed by atoms with Crippen molar-refractivity contribution in [2.45, 2.75) is 13.5 Å². The molecule has 0 radical (unpaired) electrons. The van der Waals surface area contributed by atoms with Crippen LogP contribution in [0.15, 0.2) is 36.4 Å². The molecule has 1 aromatic heterocycles. The van der Waals surface area contributed by atoms with Crippen LogP contribution in [-0.4, -0.2) is 25.0 Å². The number of benzene rings is 1. The van der Waals surface area contributed by atoms with Gasteiger partial charge in [0, 0.05) is 5.56 Å². The minimum absolute atomic E-state index is 0.0724. The molecule has 0 spiro atoms. The van der Waals surface area contributed by atoms with Crippen molar-refractivity contribution in [3.8, 4) is 11.5 Å². The third-order valence-electron chi connectivity index (χ3n) is 2.98. The van der Waals surface area contributed by atoms with Crippen molar-refractivity contribution in [2.75, 3.05) is 6.61 Å². The highest BCUT2D eigenvalue weighted by Gasteiger charge is 2.15. The van der Waals surface area contributed by atoms with E-state index >= 15 is 0 Å². The number of carboxylic acid groups (broad SMARTS) is 1. The molecule has 25 heavy (non-hydrogen) atoms. The summed E-state index contributed by atoms with van der Waals surface area (Å²) >= 11 is 0.772. The van der Waals surface area contributed by atoms with Crippen LogP contribution in [-0.2, 0) is 0 Å². The summed E-state index contributed by atoms with van der Waals surface area (Å²) in [5.41, 5.74) is 0.233. The van der Waals surface area contributed by atoms with Crippen molar-refractivity contribution in [1.29, 1.82) is 0 Å². The topological polar surface area (TPSA) is 75.7 Å². The van der Waals surface area contributed by atoms with E-state index in [0.717, 1.165) is 17.4 Å². The maximum atomic E-state index is 12.6. The van der Waals surface area contributed by atoms with Crippen molar-refractivity contribution in [1.82, 2.24) is 0 Å². The lowest BCUT2D eigenvalue weighted by Gasteiger charge is -2.13. The fourth-order valence-corrected chi connectivity index (χ4v) is 2.74. The SMILES string of the molecule is CCOc1cccc(/C=C/C(=O)c2ccc(C(=O)[O-])s2)c1OC(F)F. The predicted molar refractivity (Wildman–Crippen MR) is 86.3 cm³/mol. The standard InChI is InChI=1S/C17H14F2O5S/c1-2-23-12-5-3-4-10(15(12)24-17(18)19)6-7-11(20)13-8-9-14(25-13)16(21)22/h3-9,17H,2H2,1H3,(H,21,22)/p-1/b7-6+. The number of thiophene rings is 1. The summed E-state index contributed by atoms with van der Waals surface area (Å²) < 4.78 is 35.0. The lowest BCUT2D eigenvalue weighted by atomic mass is 10.1. The Hall–Kier alpha value is -2.74. The van der Waals surface area contributed by atoms with E-state index in [1.54, 1.807) is 13.0 Å². The number of ketones is 1. The Balaban J connectivity index is 2.28. The maximum Gasteiger partial charge on any atom is 0.387 e. The van der Waals surface area contributed by atoms with Crippen molar-refractivity contribution in [3.63, 3.8) is 0 Å². The summed E-state index contributed by atoms with van der Waals surface area (Å²) in [5, 5.41) is 10.7. The van der Waals surface area contributed by atoms with Crippen LogP contribution in [0.25, 0.3) is 6.08 Å². The van der Waals surface area contributed by atoms with Crippen LogP contribution < -0.4 is 14.6 Å². The molecular weight excluding hydrogens is 354 g/mol. The number of aromatic carboxylic acids is 1. The lowest BCUT2D eigenvalue weighted by Crippen LogP contribution is -2.20. The number of hydrogen-bond donors (Lipinski definition) is 0. The van der Waals surface area contributed by atoms with Crippen LogP contribution in [0.4, 0.5) is 8.78 Å². The van der Waals surface area contributed by atoms with Gasteiger partial charge in [-0.2, -0.15) is 8.78 Å². The van der Waals surface area contributed by atoms with Crippen molar-refractivity contribution in [2.24, 2.45) is 0 Å². The van der Waals surface area contributed by atoms with Crippen molar-refractivity contribution in [3.05, 3.63) is 51.7 Å². The molecule has 2 aromatic rings. The van der Waals surface area contributed by atoms with Gasteiger partial charge in [-0.3, -0.25) is 4.79 Å². The van der Waals surface area contributed by atoms with E-state index in [4.69, 9.17) is 4.74 Å². The Kier molecular flexibility index (Phi) is 6.24. The van der Waals surface area contributed by atoms with Crippen LogP contribution in [0.5, 0.6) is 11.5 Å². The molecule has 8 heteroatoms. The molecule has 2 rings (SSSR count). The van der Waals surface area contributed by atoms with Crippen molar-refractivity contribution >= 4 is 29.2 Å². The Labute approximate surface area is 146 Å². The second-order valence-corrected chi connectivity index (χ2v) is 5.72. The number of hydrogen-bond acceptors (Lipinski definition) is 6. The van der Waals surface area contributed by atoms with Crippen molar-refractivity contribution < 1.29 is 33.0 Å². The minimum Gasteiger partial charge on any atom is -0.544 e. The number of allylic oxidation sites excluding steroid dienone is 1. The molecular formula is C17H13F2O5S-. The number of halogens is 2. The van der Waals surface area contributed by atoms with E-state index < -0.39 is 18.4 Å². The van der Waals surface area contributed by atoms with E-state index in [1.807, 2.05) is 0 Å². The van der Waals surface area contributed by atoms with E-state index in [-0.39, 0.29) is 33.4 Å². The van der Waals surface area contributed by atoms with Gasteiger partial charge in [0.05, 0.1) is 22.3 Å². The van der Waals surface area contributed by atoms with Gasteiger partial charge in [0.15, 0.2) is 17.3 Å². The minimum atomic E-state index is -3.05. The molecule has 0 unspecified atom stereocenters. The summed E-state index contributed by atoms with van der Waals surface area (Å²) in [6.07, 6.45) is 2.45. The molecule has 0 saturated carbocycles. The molecule has 0 N–H and O–H groups in total. The number of carbonyl (C=O) groups excluding carboxylic acids is 2. The zero-order chi connectivity index (χ0) is 18.4. The van der Waals surface area contributed by atoms with Crippen LogP contribution in [0.2, 0.25) is 0 Å². The second-order valence-electron chi connectivity index (χ2n) is 4.63. The monoisotopic (exact) mass is 367 g/mol. The average molecular weight is 367 g/mol. The molecule has 0 aliphatic carbocycles. The number of alkyl halides is 2. The number of carbonyl (C=O) groups is 2. The van der Waals surface area contributed by atoms with E-state index in [2.05, 4.69) is 4.74 Å². The number of carboxylic acids is 1. The van der Waals surface area contributed by atoms with Gasteiger partial charge in [0.25, 0.3) is 0 Å². The number of rotatable bonds is 8. The first kappa shape index (κ1) is 18.6. The summed E-state index contributed by atoms with van der Waals surface area (Å²) in [6, 6.07) is 7.17. The molecule has 0 aliphatic heterocycles. The first-order chi connectivity index (χ1) is 11.9. The van der Waals surface area contributed by atoms with E-state index in [1.165, 1.54) is 30.3 Å². The lowest BCUT2D eigenvalue weighted by molar-refractivity contribution is -0.254. The third-order valence-corrected chi connectivity index (χ3v) is 4.06. The Morgan fingerprint density at radius 1 is 1.24 bits per heavy atom. The zero-order valence-corrected chi connectivity index (χ0v) is 13.8. The highest BCUT2D eigenvalue weighted by Crippen LogP contribution is 2.33. The largest absolute Gasteiger partial charge is 0.544 e. The van der Waals surface area contributed by atoms with Gasteiger partial charge in [-0.15, -0.1) is 11.3 Å². The van der Waals surface area contributed by atoms with Gasteiger partial charge in [-0.05, 0) is 37.3 Å². The summed E-state index contributed by atoms with van der Waals surface area (Å²) in [5.74, 6) is -1.88. The fourth-order valence-electron chi connectivity index (χ4n) is 1.98. The van der Waals surface area contributed by atoms with Gasteiger partial charge in [-0.25, -0.2) is 0 Å². The van der Waals surface area contributed by atoms with E-state index in [9.17, 15) is 23.5 Å². The van der Waals surface area contributed by atoms with Gasteiger partial charge in [-0.1, -0.05) is 12.1 Å². The Morgan fingerprint density at radius 2 is 1.96 bits per heavy atom. The van der Waals surface area contributed by atoms with Gasteiger partial charge >= 0.3 is 6.61 Å². The smallest absolute Gasteiger partial charge is 0.387 e.